The maximum Gasteiger partial charge on any atom is 0.407 e. The average molecular weight is 694 g/mol. The van der Waals surface area contributed by atoms with E-state index >= 15 is 0 Å². The molecule has 17 nitrogen and oxygen atoms in total. The number of aromatic nitrogens is 7. The van der Waals surface area contributed by atoms with Crippen molar-refractivity contribution in [1.29, 1.82) is 0 Å². The van der Waals surface area contributed by atoms with Gasteiger partial charge in [0.15, 0.2) is 11.0 Å². The van der Waals surface area contributed by atoms with Crippen LogP contribution in [0.25, 0.3) is 17.8 Å². The number of pyridine rings is 1. The highest BCUT2D eigenvalue weighted by Gasteiger charge is 2.27. The summed E-state index contributed by atoms with van der Waals surface area (Å²) in [5.74, 6) is -0.975. The van der Waals surface area contributed by atoms with Crippen LogP contribution in [0.2, 0.25) is 0 Å². The zero-order valence-corrected chi connectivity index (χ0v) is 28.7. The molecule has 18 heteroatoms. The Morgan fingerprint density at radius 2 is 2.00 bits per heavy atom. The molecule has 2 amide bonds. The number of nitrogens with zero attached hydrogens (tertiary/aromatic N) is 8. The summed E-state index contributed by atoms with van der Waals surface area (Å²) in [6.45, 7) is 7.34. The summed E-state index contributed by atoms with van der Waals surface area (Å²) in [6.07, 6.45) is 4.65. The van der Waals surface area contributed by atoms with Gasteiger partial charge in [-0.05, 0) is 42.3 Å². The number of piperidine rings is 1. The number of carbonyl (C=O) groups excluding carboxylic acids is 3. The summed E-state index contributed by atoms with van der Waals surface area (Å²) in [7, 11) is 3.46. The van der Waals surface area contributed by atoms with E-state index in [9.17, 15) is 24.3 Å². The molecule has 0 saturated carbocycles. The Bertz CT molecular complexity index is 1910. The number of H-pyrrole nitrogens is 1. The van der Waals surface area contributed by atoms with Crippen molar-refractivity contribution in [3.8, 4) is 0 Å². The Morgan fingerprint density at radius 1 is 1.20 bits per heavy atom. The van der Waals surface area contributed by atoms with Crippen molar-refractivity contribution < 1.29 is 28.7 Å². The van der Waals surface area contributed by atoms with E-state index in [2.05, 4.69) is 36.2 Å². The van der Waals surface area contributed by atoms with Gasteiger partial charge in [-0.25, -0.2) is 14.8 Å². The van der Waals surface area contributed by atoms with Gasteiger partial charge >= 0.3 is 6.09 Å². The zero-order valence-electron chi connectivity index (χ0n) is 27.9. The fourth-order valence-corrected chi connectivity index (χ4v) is 6.15. The number of thiazole rings is 1. The molecule has 3 N–H and O–H groups in total. The fourth-order valence-electron chi connectivity index (χ4n) is 5.21. The molecule has 0 spiro atoms. The number of nitrogens with one attached hydrogen (secondary N) is 3. The van der Waals surface area contributed by atoms with Crippen LogP contribution in [0.1, 0.15) is 61.1 Å². The second-order valence-electron chi connectivity index (χ2n) is 13.4. The standard InChI is InChI=1S/C31H39N11O6S/c1-31(2,3)22-18-49-29(33-22)35-27(45)19-8-11-24-34-26(21(28(46)41(24)15-19)9-10-23-36-38-39-37-23)40-13-6-7-20(16-40)48-30(47)32-12-14-42(4,5)17-25(43)44/h8-11,15,18,20H,6-7,12-14,16-17H2,1-5H3,(H3-,32,33,35,36,37,38,39,43,44,45,47)/b10-9+/t20-/m1/s1. The lowest BCUT2D eigenvalue weighted by atomic mass is 9.93. The number of ether oxygens (including phenoxy) is 1. The number of amides is 2. The molecule has 0 radical (unpaired) electrons. The van der Waals surface area contributed by atoms with E-state index in [1.54, 1.807) is 32.3 Å². The van der Waals surface area contributed by atoms with Crippen molar-refractivity contribution in [2.45, 2.75) is 45.1 Å². The smallest absolute Gasteiger partial charge is 0.407 e. The third-order valence-corrected chi connectivity index (χ3v) is 8.61. The van der Waals surface area contributed by atoms with Crippen molar-refractivity contribution in [3.63, 3.8) is 0 Å². The molecule has 1 atom stereocenters. The summed E-state index contributed by atoms with van der Waals surface area (Å²) < 4.78 is 7.14. The molecule has 0 bridgehead atoms. The van der Waals surface area contributed by atoms with Crippen LogP contribution in [0.5, 0.6) is 0 Å². The number of tetrazole rings is 1. The highest BCUT2D eigenvalue weighted by molar-refractivity contribution is 7.14. The van der Waals surface area contributed by atoms with E-state index < -0.39 is 29.6 Å². The summed E-state index contributed by atoms with van der Waals surface area (Å²) in [5, 5.41) is 32.6. The lowest BCUT2D eigenvalue weighted by Gasteiger charge is -2.34. The maximum atomic E-state index is 14.0. The molecule has 1 aliphatic rings. The molecule has 1 fully saturated rings. The van der Waals surface area contributed by atoms with Crippen LogP contribution in [0, 0.1) is 0 Å². The van der Waals surface area contributed by atoms with Gasteiger partial charge in [-0.2, -0.15) is 5.21 Å². The first-order valence-electron chi connectivity index (χ1n) is 15.6. The van der Waals surface area contributed by atoms with Gasteiger partial charge in [0, 0.05) is 23.5 Å². The maximum absolute atomic E-state index is 14.0. The minimum atomic E-state index is -1.17. The quantitative estimate of drug-likeness (QED) is 0.187. The van der Waals surface area contributed by atoms with Crippen LogP contribution in [-0.4, -0.2) is 110 Å². The van der Waals surface area contributed by atoms with Gasteiger partial charge in [-0.3, -0.25) is 19.3 Å². The molecular formula is C31H39N11O6S. The molecule has 4 aromatic rings. The second kappa shape index (κ2) is 14.5. The lowest BCUT2D eigenvalue weighted by Crippen LogP contribution is -2.51. The number of hydrogen-bond donors (Lipinski definition) is 3. The zero-order chi connectivity index (χ0) is 35.3. The number of aromatic amines is 1. The normalized spacial score (nSPS) is 15.4. The van der Waals surface area contributed by atoms with Crippen molar-refractivity contribution >= 4 is 58.1 Å². The van der Waals surface area contributed by atoms with Crippen LogP contribution < -0.4 is 26.2 Å². The van der Waals surface area contributed by atoms with Gasteiger partial charge in [-0.15, -0.1) is 21.5 Å². The van der Waals surface area contributed by atoms with Crippen molar-refractivity contribution in [2.24, 2.45) is 0 Å². The summed E-state index contributed by atoms with van der Waals surface area (Å²) in [5.41, 5.74) is 1.03. The predicted molar refractivity (Wildman–Crippen MR) is 180 cm³/mol. The Morgan fingerprint density at radius 3 is 2.69 bits per heavy atom. The van der Waals surface area contributed by atoms with E-state index in [0.29, 0.717) is 42.5 Å². The van der Waals surface area contributed by atoms with Crippen LogP contribution in [0.4, 0.5) is 15.7 Å². The highest BCUT2D eigenvalue weighted by atomic mass is 32.1. The number of alkyl carbamates (subject to hydrolysis) is 1. The molecule has 4 aromatic heterocycles. The molecule has 1 aliphatic heterocycles. The van der Waals surface area contributed by atoms with Crippen molar-refractivity contribution in [1.82, 2.24) is 40.3 Å². The molecule has 0 unspecified atom stereocenters. The molecular weight excluding hydrogens is 654 g/mol. The van der Waals surface area contributed by atoms with Gasteiger partial charge in [0.25, 0.3) is 11.5 Å². The van der Waals surface area contributed by atoms with Crippen LogP contribution in [0.3, 0.4) is 0 Å². The van der Waals surface area contributed by atoms with Gasteiger partial charge in [0.2, 0.25) is 0 Å². The number of aliphatic carboxylic acids is 1. The Labute approximate surface area is 285 Å². The van der Waals surface area contributed by atoms with Gasteiger partial charge in [0.05, 0.1) is 56.5 Å². The molecule has 260 valence electrons. The minimum absolute atomic E-state index is 0.138. The molecule has 5 rings (SSSR count). The second-order valence-corrected chi connectivity index (χ2v) is 14.2. The number of rotatable bonds is 11. The SMILES string of the molecule is CC(C)(C)c1csc(NC(=O)c2ccc3nc(N4CCC[C@@H](OC(=O)NCC[N+](C)(C)CC(=O)[O-])C4)c(/C=C/c4nn[nH]n4)c(=O)n3c2)n1. The van der Waals surface area contributed by atoms with E-state index in [4.69, 9.17) is 9.72 Å². The van der Waals surface area contributed by atoms with Crippen LogP contribution in [0.15, 0.2) is 28.5 Å². The largest absolute Gasteiger partial charge is 0.544 e. The number of hydrogen-bond acceptors (Lipinski definition) is 13. The first-order chi connectivity index (χ1) is 23.2. The Balaban J connectivity index is 1.37. The molecule has 0 aliphatic carbocycles. The van der Waals surface area contributed by atoms with Crippen molar-refractivity contribution in [2.75, 3.05) is 57.0 Å². The first kappa shape index (κ1) is 35.1. The average Bonchev–Trinajstić information content (AvgIpc) is 3.72. The molecule has 5 heterocycles. The highest BCUT2D eigenvalue weighted by Crippen LogP contribution is 2.27. The Kier molecular flexibility index (Phi) is 10.4. The number of fused-ring (bicyclic) bond motifs is 1. The molecule has 0 aromatic carbocycles. The molecule has 49 heavy (non-hydrogen) atoms. The van der Waals surface area contributed by atoms with E-state index in [-0.39, 0.29) is 46.5 Å². The number of anilines is 2. The number of likely N-dealkylation sites (N-methyl/N-ethyl adjacent to an activating group) is 1. The van der Waals surface area contributed by atoms with Gasteiger partial charge in [-0.1, -0.05) is 20.8 Å². The molecule has 1 saturated heterocycles. The minimum Gasteiger partial charge on any atom is -0.544 e. The predicted octanol–water partition coefficient (Wildman–Crippen LogP) is 0.906. The summed E-state index contributed by atoms with van der Waals surface area (Å²) >= 11 is 1.33. The topological polar surface area (TPSA) is 213 Å². The summed E-state index contributed by atoms with van der Waals surface area (Å²) in [4.78, 5) is 62.0. The third-order valence-electron chi connectivity index (χ3n) is 7.85. The third kappa shape index (κ3) is 9.02. The Hall–Kier alpha value is -5.23. The monoisotopic (exact) mass is 693 g/mol. The van der Waals surface area contributed by atoms with E-state index in [0.717, 1.165) is 5.69 Å². The number of carbonyl (C=O) groups is 3. The first-order valence-corrected chi connectivity index (χ1v) is 16.5. The number of carboxylic acids is 1. The number of carboxylic acid groups (broad SMARTS) is 1. The van der Waals surface area contributed by atoms with E-state index in [1.165, 1.54) is 28.0 Å². The fraction of sp³-hybridized carbons (Fsp3) is 0.452. The van der Waals surface area contributed by atoms with Gasteiger partial charge in [0.1, 0.15) is 24.1 Å². The summed E-state index contributed by atoms with van der Waals surface area (Å²) in [6, 6.07) is 3.19. The van der Waals surface area contributed by atoms with Crippen LogP contribution >= 0.6 is 11.3 Å². The van der Waals surface area contributed by atoms with Crippen molar-refractivity contribution in [3.05, 3.63) is 56.7 Å². The van der Waals surface area contributed by atoms with Crippen LogP contribution in [-0.2, 0) is 14.9 Å². The van der Waals surface area contributed by atoms with Gasteiger partial charge < -0.3 is 29.3 Å². The van der Waals surface area contributed by atoms with E-state index in [1.807, 2.05) is 31.1 Å². The lowest BCUT2D eigenvalue weighted by molar-refractivity contribution is -0.883. The number of quaternary nitrogens is 1.